The maximum atomic E-state index is 11.0. The summed E-state index contributed by atoms with van der Waals surface area (Å²) in [6, 6.07) is 17.4. The molecule has 600 valence electrons. The van der Waals surface area contributed by atoms with Crippen molar-refractivity contribution in [3.05, 3.63) is 60.4 Å². The largest absolute Gasteiger partial charge is 0.395 e. The van der Waals surface area contributed by atoms with E-state index >= 15 is 0 Å². The summed E-state index contributed by atoms with van der Waals surface area (Å²) in [7, 11) is 2.09. The van der Waals surface area contributed by atoms with E-state index in [1.54, 1.807) is 6.20 Å². The van der Waals surface area contributed by atoms with Gasteiger partial charge in [-0.3, -0.25) is 24.5 Å². The number of carbonyl (C=O) groups excluding carboxylic acids is 1. The Kier molecular flexibility index (Phi) is 85.0. The summed E-state index contributed by atoms with van der Waals surface area (Å²) >= 11 is 0. The third-order valence-corrected chi connectivity index (χ3v) is 17.2. The third-order valence-electron chi connectivity index (χ3n) is 17.2. The molecule has 4 aliphatic rings. The van der Waals surface area contributed by atoms with Gasteiger partial charge in [0.05, 0.1) is 39.6 Å². The lowest BCUT2D eigenvalue weighted by atomic mass is 10.0. The summed E-state index contributed by atoms with van der Waals surface area (Å²) in [5.41, 5.74) is 56.3. The number of nitrogens with two attached hydrogens (primary N) is 10. The molecule has 4 saturated heterocycles. The molecule has 6 rings (SSSR count). The Balaban J connectivity index is -0.000000518. The van der Waals surface area contributed by atoms with Gasteiger partial charge in [-0.05, 0) is 226 Å². The minimum absolute atomic E-state index is 0.125. The zero-order valence-corrected chi connectivity index (χ0v) is 65.9. The number of morpholine rings is 1. The van der Waals surface area contributed by atoms with Crippen molar-refractivity contribution in [3.63, 3.8) is 0 Å². The fourth-order valence-corrected chi connectivity index (χ4v) is 11.0. The molecule has 26 nitrogen and oxygen atoms in total. The van der Waals surface area contributed by atoms with Crippen molar-refractivity contribution in [1.82, 2.24) is 44.2 Å². The van der Waals surface area contributed by atoms with Crippen LogP contribution in [0.3, 0.4) is 0 Å². The molecule has 4 fully saturated rings. The molecule has 0 radical (unpaired) electrons. The Bertz CT molecular complexity index is 1830. The lowest BCUT2D eigenvalue weighted by Gasteiger charge is -2.33. The summed E-state index contributed by atoms with van der Waals surface area (Å²) in [4.78, 5) is 35.2. The summed E-state index contributed by atoms with van der Waals surface area (Å²) in [6.45, 7) is 45.2. The second-order valence-corrected chi connectivity index (χ2v) is 25.7. The van der Waals surface area contributed by atoms with E-state index in [1.165, 1.54) is 83.4 Å². The van der Waals surface area contributed by atoms with Gasteiger partial charge in [-0.1, -0.05) is 64.8 Å². The first kappa shape index (κ1) is 104. The monoisotopic (exact) mass is 1440 g/mol. The highest BCUT2D eigenvalue weighted by Gasteiger charge is 2.19. The number of nitrogens with zero attached hydrogens (tertiary/aromatic N) is 10. The molecular weight excluding hydrogens is 1280 g/mol. The highest BCUT2D eigenvalue weighted by Crippen LogP contribution is 2.16. The Morgan fingerprint density at radius 2 is 0.970 bits per heavy atom. The SMILES string of the molecule is CC1CCCCN1CCCN.CCN(CC)CCCC(C)N.CCN(CC)CCCN.CN(CCCN)c1ccccc1.NCCCN(CCO)CCO.NCCCN1CCCC1=O.NCCN(CCO)CCO.NCCN1CCCCC1.NCCN1CCOCC1.NCCc1ccccn1. The van der Waals surface area contributed by atoms with E-state index in [4.69, 9.17) is 82.5 Å². The van der Waals surface area contributed by atoms with E-state index in [-0.39, 0.29) is 26.4 Å². The highest BCUT2D eigenvalue weighted by atomic mass is 16.5. The van der Waals surface area contributed by atoms with Gasteiger partial charge in [-0.25, -0.2) is 0 Å². The van der Waals surface area contributed by atoms with Crippen LogP contribution in [0.5, 0.6) is 0 Å². The molecule has 5 heterocycles. The van der Waals surface area contributed by atoms with Crippen molar-refractivity contribution in [1.29, 1.82) is 0 Å². The number of ether oxygens (including phenoxy) is 1. The number of carbonyl (C=O) groups is 1. The Morgan fingerprint density at radius 3 is 1.41 bits per heavy atom. The molecule has 26 heteroatoms. The van der Waals surface area contributed by atoms with Crippen LogP contribution in [0.1, 0.15) is 144 Å². The summed E-state index contributed by atoms with van der Waals surface area (Å²) in [5, 5.41) is 34.3. The van der Waals surface area contributed by atoms with E-state index in [1.807, 2.05) is 51.1 Å². The number of pyridine rings is 1. The number of aliphatic hydroxyl groups excluding tert-OH is 4. The van der Waals surface area contributed by atoms with Crippen LogP contribution < -0.4 is 62.2 Å². The predicted molar refractivity (Wildman–Crippen MR) is 430 cm³/mol. The molecule has 0 aliphatic carbocycles. The molecule has 0 saturated carbocycles. The maximum absolute atomic E-state index is 11.0. The highest BCUT2D eigenvalue weighted by molar-refractivity contribution is 5.78. The van der Waals surface area contributed by atoms with Gasteiger partial charge in [-0.2, -0.15) is 0 Å². The normalized spacial score (nSPS) is 15.5. The van der Waals surface area contributed by atoms with Crippen LogP contribution in [-0.4, -0.2) is 339 Å². The smallest absolute Gasteiger partial charge is 0.222 e. The van der Waals surface area contributed by atoms with Crippen LogP contribution in [-0.2, 0) is 16.0 Å². The zero-order chi connectivity index (χ0) is 76.0. The Morgan fingerprint density at radius 1 is 0.495 bits per heavy atom. The average molecular weight is 1440 g/mol. The number of hydrogen-bond acceptors (Lipinski definition) is 25. The van der Waals surface area contributed by atoms with Crippen molar-refractivity contribution in [2.75, 3.05) is 261 Å². The lowest BCUT2D eigenvalue weighted by Crippen LogP contribution is -2.39. The molecule has 4 aliphatic heterocycles. The lowest BCUT2D eigenvalue weighted by molar-refractivity contribution is -0.127. The molecule has 1 amide bonds. The van der Waals surface area contributed by atoms with E-state index in [2.05, 4.69) is 95.1 Å². The van der Waals surface area contributed by atoms with Gasteiger partial charge in [0.15, 0.2) is 0 Å². The minimum Gasteiger partial charge on any atom is -0.395 e. The van der Waals surface area contributed by atoms with Gasteiger partial charge in [0, 0.05) is 148 Å². The molecular formula is C75H164N20O6. The first-order valence-electron chi connectivity index (χ1n) is 39.2. The van der Waals surface area contributed by atoms with Crippen LogP contribution in [0.15, 0.2) is 54.7 Å². The topological polar surface area (TPSA) is 409 Å². The second kappa shape index (κ2) is 82.4. The number of piperidine rings is 2. The van der Waals surface area contributed by atoms with E-state index in [0.717, 1.165) is 207 Å². The molecule has 0 bridgehead atoms. The molecule has 101 heavy (non-hydrogen) atoms. The zero-order valence-electron chi connectivity index (χ0n) is 65.9. The number of likely N-dealkylation sites (tertiary alicyclic amines) is 3. The standard InChI is InChI=1S/C10H16N2.C9H20N2.C9H22N2.C7H18N2O2.C7H14N2O.C7H10N2.C7H16N2.C7H18N2.C6H16N2O2.C6H14N2O/c1-12(9-5-8-11)10-6-3-2-4-7-10;1-9-5-2-3-7-11(9)8-4-6-10;1-4-11(5-2)8-6-7-9(3)10;8-2-1-3-9(4-6-10)5-7-11;8-4-2-6-9-5-1-3-7(9)10;8-5-4-7-3-1-2-6-9-7;8-4-7-9-5-2-1-3-6-9;1-3-9(4-2)7-5-6-8;7-1-2-8(3-5-9)4-6-10;7-1-2-8-3-5-9-6-4-8/h2-4,6-7H,5,8-9,11H2,1H3;9H,2-8,10H2,1H3;9H,4-8,10H2,1-3H3;10-11H,1-8H2;1-6,8H2;1-3,6H,4-5,8H2;1-8H2;3-8H2,1-2H3;9-10H,1-7H2;1-7H2. The number of amides is 1. The number of benzene rings is 1. The van der Waals surface area contributed by atoms with E-state index in [0.29, 0.717) is 64.3 Å². The van der Waals surface area contributed by atoms with Gasteiger partial charge in [0.1, 0.15) is 0 Å². The quantitative estimate of drug-likeness (QED) is 0.0453. The summed E-state index contributed by atoms with van der Waals surface area (Å²) < 4.78 is 5.16. The number of aliphatic hydroxyl groups is 4. The Hall–Kier alpha value is -3.24. The fraction of sp³-hybridized carbons (Fsp3) is 0.840. The van der Waals surface area contributed by atoms with Crippen LogP contribution in [0, 0.1) is 0 Å². The van der Waals surface area contributed by atoms with E-state index in [9.17, 15) is 4.79 Å². The van der Waals surface area contributed by atoms with Crippen molar-refractivity contribution in [2.45, 2.75) is 156 Å². The molecule has 1 aromatic carbocycles. The van der Waals surface area contributed by atoms with E-state index < -0.39 is 0 Å². The van der Waals surface area contributed by atoms with Gasteiger partial charge in [0.2, 0.25) is 5.91 Å². The number of hydrogen-bond donors (Lipinski definition) is 14. The van der Waals surface area contributed by atoms with Crippen molar-refractivity contribution < 1.29 is 30.0 Å². The minimum atomic E-state index is 0.125. The first-order valence-corrected chi connectivity index (χ1v) is 39.2. The van der Waals surface area contributed by atoms with Crippen LogP contribution in [0.4, 0.5) is 5.69 Å². The van der Waals surface area contributed by atoms with Crippen molar-refractivity contribution >= 4 is 11.6 Å². The number of aromatic nitrogens is 1. The number of para-hydroxylation sites is 1. The average Bonchev–Trinajstić information content (AvgIpc) is 1.95. The second-order valence-electron chi connectivity index (χ2n) is 25.7. The van der Waals surface area contributed by atoms with Gasteiger partial charge >= 0.3 is 0 Å². The maximum Gasteiger partial charge on any atom is 0.222 e. The molecule has 24 N–H and O–H groups in total. The van der Waals surface area contributed by atoms with Crippen molar-refractivity contribution in [2.24, 2.45) is 57.3 Å². The van der Waals surface area contributed by atoms with Crippen LogP contribution >= 0.6 is 0 Å². The molecule has 2 aromatic rings. The van der Waals surface area contributed by atoms with Gasteiger partial charge in [-0.15, -0.1) is 0 Å². The number of anilines is 1. The third kappa shape index (κ3) is 69.6. The first-order chi connectivity index (χ1) is 49.1. The Labute approximate surface area is 618 Å². The fourth-order valence-electron chi connectivity index (χ4n) is 11.0. The predicted octanol–water partition coefficient (Wildman–Crippen LogP) is 1.92. The summed E-state index contributed by atoms with van der Waals surface area (Å²) in [5.74, 6) is 0.299. The van der Waals surface area contributed by atoms with Crippen LogP contribution in [0.2, 0.25) is 0 Å². The molecule has 2 atom stereocenters. The van der Waals surface area contributed by atoms with Gasteiger partial charge < -0.3 is 112 Å². The van der Waals surface area contributed by atoms with Gasteiger partial charge in [0.25, 0.3) is 0 Å². The summed E-state index contributed by atoms with van der Waals surface area (Å²) in [6.07, 6.45) is 20.3. The van der Waals surface area contributed by atoms with Crippen molar-refractivity contribution in [3.8, 4) is 0 Å². The van der Waals surface area contributed by atoms with Crippen LogP contribution in [0.25, 0.3) is 0 Å². The number of rotatable bonds is 40. The molecule has 1 aromatic heterocycles. The molecule has 2 unspecified atom stereocenters. The molecule has 0 spiro atoms.